The third-order valence-corrected chi connectivity index (χ3v) is 3.79. The standard InChI is InChI=1S/C19H16F2N2O/c1-22(13-15-4-7-16(20)12-18(15)21)19(24)14-5-8-17(9-6-14)23-10-2-3-11-23/h2-12H,13H2,1H3. The number of benzene rings is 2. The van der Waals surface area contributed by atoms with Gasteiger partial charge in [0.25, 0.3) is 5.91 Å². The molecule has 0 N–H and O–H groups in total. The van der Waals surface area contributed by atoms with E-state index in [1.54, 1.807) is 19.2 Å². The number of rotatable bonds is 4. The SMILES string of the molecule is CN(Cc1ccc(F)cc1F)C(=O)c1ccc(-n2cccc2)cc1. The van der Waals surface area contributed by atoms with Crippen molar-refractivity contribution in [3.63, 3.8) is 0 Å². The predicted molar refractivity (Wildman–Crippen MR) is 87.9 cm³/mol. The smallest absolute Gasteiger partial charge is 0.253 e. The Balaban J connectivity index is 1.73. The third-order valence-electron chi connectivity index (χ3n) is 3.79. The van der Waals surface area contributed by atoms with Crippen molar-refractivity contribution in [2.45, 2.75) is 6.54 Å². The first kappa shape index (κ1) is 15.9. The lowest BCUT2D eigenvalue weighted by molar-refractivity contribution is 0.0784. The first-order valence-electron chi connectivity index (χ1n) is 7.47. The Bertz CT molecular complexity index is 842. The van der Waals surface area contributed by atoms with Crippen molar-refractivity contribution in [1.82, 2.24) is 9.47 Å². The summed E-state index contributed by atoms with van der Waals surface area (Å²) in [6.45, 7) is 0.0737. The lowest BCUT2D eigenvalue weighted by Crippen LogP contribution is -2.26. The van der Waals surface area contributed by atoms with Gasteiger partial charge in [-0.25, -0.2) is 8.78 Å². The summed E-state index contributed by atoms with van der Waals surface area (Å²) in [5.41, 5.74) is 1.73. The Morgan fingerprint density at radius 1 is 1.04 bits per heavy atom. The van der Waals surface area contributed by atoms with Crippen LogP contribution in [0.15, 0.2) is 67.0 Å². The highest BCUT2D eigenvalue weighted by atomic mass is 19.1. The molecule has 2 aromatic carbocycles. The van der Waals surface area contributed by atoms with Gasteiger partial charge in [-0.05, 0) is 42.5 Å². The highest BCUT2D eigenvalue weighted by molar-refractivity contribution is 5.94. The van der Waals surface area contributed by atoms with Gasteiger partial charge in [0.1, 0.15) is 11.6 Å². The average Bonchev–Trinajstić information content (AvgIpc) is 3.11. The highest BCUT2D eigenvalue weighted by Crippen LogP contribution is 2.15. The van der Waals surface area contributed by atoms with Gasteiger partial charge in [0.15, 0.2) is 0 Å². The molecule has 1 heterocycles. The zero-order chi connectivity index (χ0) is 17.1. The van der Waals surface area contributed by atoms with Crippen molar-refractivity contribution in [3.05, 3.63) is 89.8 Å². The Morgan fingerprint density at radius 2 is 1.71 bits per heavy atom. The predicted octanol–water partition coefficient (Wildman–Crippen LogP) is 4.03. The van der Waals surface area contributed by atoms with Crippen LogP contribution in [0.3, 0.4) is 0 Å². The minimum atomic E-state index is -0.655. The minimum absolute atomic E-state index is 0.0737. The van der Waals surface area contributed by atoms with E-state index < -0.39 is 11.6 Å². The number of carbonyl (C=O) groups excluding carboxylic acids is 1. The summed E-state index contributed by atoms with van der Waals surface area (Å²) in [7, 11) is 1.59. The van der Waals surface area contributed by atoms with Crippen LogP contribution in [0, 0.1) is 11.6 Å². The van der Waals surface area contributed by atoms with E-state index in [1.165, 1.54) is 17.0 Å². The number of halogens is 2. The molecular formula is C19H16F2N2O. The molecule has 3 aromatic rings. The monoisotopic (exact) mass is 326 g/mol. The quantitative estimate of drug-likeness (QED) is 0.711. The van der Waals surface area contributed by atoms with Crippen LogP contribution in [0.4, 0.5) is 8.78 Å². The highest BCUT2D eigenvalue weighted by Gasteiger charge is 2.14. The maximum atomic E-state index is 13.7. The zero-order valence-electron chi connectivity index (χ0n) is 13.1. The van der Waals surface area contributed by atoms with Crippen molar-refractivity contribution in [2.24, 2.45) is 0 Å². The molecule has 0 saturated heterocycles. The second-order valence-electron chi connectivity index (χ2n) is 5.53. The van der Waals surface area contributed by atoms with Gasteiger partial charge in [0, 0.05) is 48.9 Å². The van der Waals surface area contributed by atoms with Crippen molar-refractivity contribution in [3.8, 4) is 5.69 Å². The van der Waals surface area contributed by atoms with Crippen LogP contribution < -0.4 is 0 Å². The molecular weight excluding hydrogens is 310 g/mol. The number of nitrogens with zero attached hydrogens (tertiary/aromatic N) is 2. The summed E-state index contributed by atoms with van der Waals surface area (Å²) in [5.74, 6) is -1.51. The molecule has 0 fully saturated rings. The molecule has 0 spiro atoms. The van der Waals surface area contributed by atoms with Crippen molar-refractivity contribution in [1.29, 1.82) is 0 Å². The number of hydrogen-bond donors (Lipinski definition) is 0. The van der Waals surface area contributed by atoms with Gasteiger partial charge in [0.2, 0.25) is 0 Å². The summed E-state index contributed by atoms with van der Waals surface area (Å²) in [6, 6.07) is 14.4. The van der Waals surface area contributed by atoms with Crippen molar-refractivity contribution in [2.75, 3.05) is 7.05 Å². The first-order valence-corrected chi connectivity index (χ1v) is 7.47. The van der Waals surface area contributed by atoms with E-state index >= 15 is 0 Å². The normalized spacial score (nSPS) is 10.6. The Hall–Kier alpha value is -2.95. The lowest BCUT2D eigenvalue weighted by Gasteiger charge is -2.18. The van der Waals surface area contributed by atoms with Gasteiger partial charge in [-0.3, -0.25) is 4.79 Å². The summed E-state index contributed by atoms with van der Waals surface area (Å²) >= 11 is 0. The van der Waals surface area contributed by atoms with Crippen LogP contribution >= 0.6 is 0 Å². The van der Waals surface area contributed by atoms with Gasteiger partial charge in [-0.1, -0.05) is 6.07 Å². The van der Waals surface area contributed by atoms with Crippen molar-refractivity contribution >= 4 is 5.91 Å². The van der Waals surface area contributed by atoms with Crippen molar-refractivity contribution < 1.29 is 13.6 Å². The van der Waals surface area contributed by atoms with Gasteiger partial charge in [-0.15, -0.1) is 0 Å². The Labute approximate surface area is 138 Å². The summed E-state index contributed by atoms with van der Waals surface area (Å²) in [5, 5.41) is 0. The second-order valence-corrected chi connectivity index (χ2v) is 5.53. The van der Waals surface area contributed by atoms with Crippen LogP contribution in [-0.4, -0.2) is 22.4 Å². The van der Waals surface area contributed by atoms with Gasteiger partial charge in [0.05, 0.1) is 0 Å². The van der Waals surface area contributed by atoms with Crippen LogP contribution in [0.5, 0.6) is 0 Å². The zero-order valence-corrected chi connectivity index (χ0v) is 13.1. The molecule has 0 aliphatic heterocycles. The minimum Gasteiger partial charge on any atom is -0.337 e. The molecule has 24 heavy (non-hydrogen) atoms. The topological polar surface area (TPSA) is 25.2 Å². The summed E-state index contributed by atoms with van der Waals surface area (Å²) in [6.07, 6.45) is 3.83. The van der Waals surface area contributed by atoms with Gasteiger partial charge >= 0.3 is 0 Å². The molecule has 5 heteroatoms. The molecule has 3 rings (SSSR count). The van der Waals surface area contributed by atoms with Crippen LogP contribution in [-0.2, 0) is 6.54 Å². The molecule has 0 aliphatic carbocycles. The molecule has 0 atom stereocenters. The van der Waals surface area contributed by atoms with Crippen LogP contribution in [0.25, 0.3) is 5.69 Å². The van der Waals surface area contributed by atoms with Gasteiger partial charge < -0.3 is 9.47 Å². The molecule has 0 unspecified atom stereocenters. The molecule has 0 bridgehead atoms. The molecule has 0 radical (unpaired) electrons. The second kappa shape index (κ2) is 6.66. The molecule has 1 amide bonds. The van der Waals surface area contributed by atoms with E-state index in [4.69, 9.17) is 0 Å². The van der Waals surface area contributed by atoms with Crippen LogP contribution in [0.2, 0.25) is 0 Å². The molecule has 3 nitrogen and oxygen atoms in total. The largest absolute Gasteiger partial charge is 0.337 e. The molecule has 0 aliphatic rings. The van der Waals surface area contributed by atoms with Crippen LogP contribution in [0.1, 0.15) is 15.9 Å². The fourth-order valence-corrected chi connectivity index (χ4v) is 2.48. The first-order chi connectivity index (χ1) is 11.5. The van der Waals surface area contributed by atoms with E-state index in [2.05, 4.69) is 0 Å². The maximum Gasteiger partial charge on any atom is 0.253 e. The summed E-state index contributed by atoms with van der Waals surface area (Å²) < 4.78 is 28.6. The number of carbonyl (C=O) groups is 1. The van der Waals surface area contributed by atoms with E-state index in [0.29, 0.717) is 5.56 Å². The average molecular weight is 326 g/mol. The van der Waals surface area contributed by atoms with E-state index in [0.717, 1.165) is 11.8 Å². The molecule has 122 valence electrons. The molecule has 0 saturated carbocycles. The Morgan fingerprint density at radius 3 is 2.33 bits per heavy atom. The fraction of sp³-hybridized carbons (Fsp3) is 0.105. The summed E-state index contributed by atoms with van der Waals surface area (Å²) in [4.78, 5) is 13.9. The number of amides is 1. The Kier molecular flexibility index (Phi) is 4.42. The van der Waals surface area contributed by atoms with Gasteiger partial charge in [-0.2, -0.15) is 0 Å². The lowest BCUT2D eigenvalue weighted by atomic mass is 10.1. The van der Waals surface area contributed by atoms with E-state index in [1.807, 2.05) is 41.2 Å². The molecule has 1 aromatic heterocycles. The number of hydrogen-bond acceptors (Lipinski definition) is 1. The third kappa shape index (κ3) is 3.35. The fourth-order valence-electron chi connectivity index (χ4n) is 2.48. The number of aromatic nitrogens is 1. The van der Waals surface area contributed by atoms with E-state index in [9.17, 15) is 13.6 Å². The maximum absolute atomic E-state index is 13.7. The van der Waals surface area contributed by atoms with E-state index in [-0.39, 0.29) is 18.0 Å².